The summed E-state index contributed by atoms with van der Waals surface area (Å²) in [5, 5.41) is 10.0. The van der Waals surface area contributed by atoms with Crippen LogP contribution >= 0.6 is 15.9 Å². The number of hydrogen-bond donors (Lipinski definition) is 2. The molecule has 122 valence electrons. The van der Waals surface area contributed by atoms with E-state index in [2.05, 4.69) is 31.7 Å². The number of rotatable bonds is 4. The highest BCUT2D eigenvalue weighted by molar-refractivity contribution is 9.10. The van der Waals surface area contributed by atoms with E-state index >= 15 is 0 Å². The predicted molar refractivity (Wildman–Crippen MR) is 98.3 cm³/mol. The average molecular weight is 385 g/mol. The summed E-state index contributed by atoms with van der Waals surface area (Å²) >= 11 is 3.43. The van der Waals surface area contributed by atoms with Crippen LogP contribution in [0.3, 0.4) is 0 Å². The molecular weight excluding hydrogens is 368 g/mol. The molecule has 1 unspecified atom stereocenters. The van der Waals surface area contributed by atoms with Gasteiger partial charge in [-0.2, -0.15) is 0 Å². The molecule has 0 fully saturated rings. The van der Waals surface area contributed by atoms with Gasteiger partial charge in [-0.25, -0.2) is 9.48 Å². The van der Waals surface area contributed by atoms with Gasteiger partial charge in [-0.1, -0.05) is 46.3 Å². The zero-order valence-electron chi connectivity index (χ0n) is 13.1. The van der Waals surface area contributed by atoms with Gasteiger partial charge < -0.3 is 5.32 Å². The fourth-order valence-corrected chi connectivity index (χ4v) is 2.74. The van der Waals surface area contributed by atoms with Crippen molar-refractivity contribution in [3.63, 3.8) is 0 Å². The van der Waals surface area contributed by atoms with E-state index in [1.165, 1.54) is 0 Å². The van der Waals surface area contributed by atoms with Gasteiger partial charge in [0.15, 0.2) is 5.82 Å². The van der Waals surface area contributed by atoms with Gasteiger partial charge in [0, 0.05) is 16.7 Å². The minimum atomic E-state index is -0.291. The minimum absolute atomic E-state index is 0.112. The number of urea groups is 1. The molecule has 3 rings (SSSR count). The number of anilines is 1. The van der Waals surface area contributed by atoms with Crippen molar-refractivity contribution in [1.82, 2.24) is 15.1 Å². The number of carbonyl (C=O) groups is 1. The maximum atomic E-state index is 12.1. The second-order valence-corrected chi connectivity index (χ2v) is 6.27. The zero-order chi connectivity index (χ0) is 16.9. The highest BCUT2D eigenvalue weighted by atomic mass is 79.9. The Kier molecular flexibility index (Phi) is 4.96. The predicted octanol–water partition coefficient (Wildman–Crippen LogP) is 4.52. The lowest BCUT2D eigenvalue weighted by Gasteiger charge is -2.14. The third-order valence-electron chi connectivity index (χ3n) is 3.55. The van der Waals surface area contributed by atoms with Crippen LogP contribution in [0.25, 0.3) is 5.69 Å². The van der Waals surface area contributed by atoms with E-state index in [-0.39, 0.29) is 12.1 Å². The van der Waals surface area contributed by atoms with Crippen LogP contribution in [0.1, 0.15) is 18.5 Å². The second kappa shape index (κ2) is 7.31. The van der Waals surface area contributed by atoms with Crippen molar-refractivity contribution in [2.75, 3.05) is 5.32 Å². The van der Waals surface area contributed by atoms with Crippen LogP contribution in [-0.4, -0.2) is 15.8 Å². The molecule has 1 atom stereocenters. The van der Waals surface area contributed by atoms with E-state index in [0.29, 0.717) is 5.82 Å². The van der Waals surface area contributed by atoms with Gasteiger partial charge in [0.05, 0.1) is 11.7 Å². The molecule has 1 aromatic heterocycles. The van der Waals surface area contributed by atoms with Crippen molar-refractivity contribution in [1.29, 1.82) is 0 Å². The first kappa shape index (κ1) is 16.3. The van der Waals surface area contributed by atoms with Crippen molar-refractivity contribution in [2.45, 2.75) is 13.0 Å². The summed E-state index contributed by atoms with van der Waals surface area (Å²) in [5.41, 5.74) is 1.96. The van der Waals surface area contributed by atoms with Crippen LogP contribution < -0.4 is 10.6 Å². The molecule has 5 nitrogen and oxygen atoms in total. The first-order valence-electron chi connectivity index (χ1n) is 7.56. The number of carbonyl (C=O) groups excluding carboxylic acids is 1. The van der Waals surface area contributed by atoms with Crippen LogP contribution in [0.4, 0.5) is 10.6 Å². The molecule has 0 aliphatic rings. The van der Waals surface area contributed by atoms with Crippen LogP contribution in [0.2, 0.25) is 0 Å². The monoisotopic (exact) mass is 384 g/mol. The molecule has 0 radical (unpaired) electrons. The topological polar surface area (TPSA) is 59.0 Å². The Morgan fingerprint density at radius 3 is 2.67 bits per heavy atom. The van der Waals surface area contributed by atoms with E-state index in [1.54, 1.807) is 10.7 Å². The average Bonchev–Trinajstić information content (AvgIpc) is 3.04. The number of para-hydroxylation sites is 1. The number of nitrogens with one attached hydrogen (secondary N) is 2. The van der Waals surface area contributed by atoms with Gasteiger partial charge in [-0.3, -0.25) is 5.32 Å². The Bertz CT molecular complexity index is 832. The number of aromatic nitrogens is 2. The molecule has 0 aliphatic heterocycles. The van der Waals surface area contributed by atoms with E-state index in [1.807, 2.05) is 67.7 Å². The molecule has 0 saturated heterocycles. The number of halogens is 1. The maximum Gasteiger partial charge on any atom is 0.320 e. The molecule has 1 heterocycles. The fraction of sp³-hybridized carbons (Fsp3) is 0.111. The number of amides is 2. The molecule has 2 amide bonds. The molecular formula is C18H17BrN4O. The van der Waals surface area contributed by atoms with E-state index in [0.717, 1.165) is 15.7 Å². The lowest BCUT2D eigenvalue weighted by Crippen LogP contribution is -2.31. The van der Waals surface area contributed by atoms with Gasteiger partial charge >= 0.3 is 6.03 Å². The minimum Gasteiger partial charge on any atom is -0.331 e. The highest BCUT2D eigenvalue weighted by Gasteiger charge is 2.11. The van der Waals surface area contributed by atoms with Gasteiger partial charge in [0.25, 0.3) is 0 Å². The first-order valence-corrected chi connectivity index (χ1v) is 8.35. The quantitative estimate of drug-likeness (QED) is 0.694. The fourth-order valence-electron chi connectivity index (χ4n) is 2.32. The zero-order valence-corrected chi connectivity index (χ0v) is 14.7. The molecule has 0 bridgehead atoms. The summed E-state index contributed by atoms with van der Waals surface area (Å²) in [6.07, 6.45) is 1.81. The Hall–Kier alpha value is -2.60. The molecule has 0 aliphatic carbocycles. The highest BCUT2D eigenvalue weighted by Crippen LogP contribution is 2.18. The number of hydrogen-bond acceptors (Lipinski definition) is 2. The summed E-state index contributed by atoms with van der Waals surface area (Å²) < 4.78 is 2.70. The normalized spacial score (nSPS) is 11.8. The van der Waals surface area contributed by atoms with Gasteiger partial charge in [0.2, 0.25) is 0 Å². The molecule has 2 aromatic carbocycles. The summed E-state index contributed by atoms with van der Waals surface area (Å²) in [7, 11) is 0. The molecule has 24 heavy (non-hydrogen) atoms. The lowest BCUT2D eigenvalue weighted by molar-refractivity contribution is 0.249. The van der Waals surface area contributed by atoms with Crippen LogP contribution in [-0.2, 0) is 0 Å². The van der Waals surface area contributed by atoms with Crippen LogP contribution in [0, 0.1) is 0 Å². The van der Waals surface area contributed by atoms with Gasteiger partial charge in [0.1, 0.15) is 0 Å². The summed E-state index contributed by atoms with van der Waals surface area (Å²) in [6, 6.07) is 18.9. The summed E-state index contributed by atoms with van der Waals surface area (Å²) in [5.74, 6) is 0.498. The van der Waals surface area contributed by atoms with Gasteiger partial charge in [-0.05, 0) is 36.8 Å². The molecule has 0 saturated carbocycles. The maximum absolute atomic E-state index is 12.1. The van der Waals surface area contributed by atoms with Crippen molar-refractivity contribution in [2.24, 2.45) is 0 Å². The molecule has 3 aromatic rings. The summed E-state index contributed by atoms with van der Waals surface area (Å²) in [4.78, 5) is 12.1. The SMILES string of the molecule is CC(NC(=O)Nc1ccn(-c2ccccc2)n1)c1cccc(Br)c1. The molecule has 0 spiro atoms. The first-order chi connectivity index (χ1) is 11.6. The Morgan fingerprint density at radius 2 is 1.92 bits per heavy atom. The van der Waals surface area contributed by atoms with E-state index < -0.39 is 0 Å². The van der Waals surface area contributed by atoms with Crippen LogP contribution in [0.15, 0.2) is 71.3 Å². The largest absolute Gasteiger partial charge is 0.331 e. The third kappa shape index (κ3) is 4.02. The smallest absolute Gasteiger partial charge is 0.320 e. The Balaban J connectivity index is 1.62. The van der Waals surface area contributed by atoms with Crippen molar-refractivity contribution in [3.05, 3.63) is 76.9 Å². The van der Waals surface area contributed by atoms with E-state index in [4.69, 9.17) is 0 Å². The van der Waals surface area contributed by atoms with Crippen molar-refractivity contribution >= 4 is 27.8 Å². The van der Waals surface area contributed by atoms with Crippen molar-refractivity contribution in [3.8, 4) is 5.69 Å². The third-order valence-corrected chi connectivity index (χ3v) is 4.04. The molecule has 6 heteroatoms. The van der Waals surface area contributed by atoms with Crippen molar-refractivity contribution < 1.29 is 4.79 Å². The van der Waals surface area contributed by atoms with Crippen LogP contribution in [0.5, 0.6) is 0 Å². The standard InChI is InChI=1S/C18H17BrN4O/c1-13(14-6-5-7-15(19)12-14)20-18(24)21-17-10-11-23(22-17)16-8-3-2-4-9-16/h2-13H,1H3,(H2,20,21,22,24). The summed E-state index contributed by atoms with van der Waals surface area (Å²) in [6.45, 7) is 1.93. The van der Waals surface area contributed by atoms with E-state index in [9.17, 15) is 4.79 Å². The van der Waals surface area contributed by atoms with Gasteiger partial charge in [-0.15, -0.1) is 5.10 Å². The number of benzene rings is 2. The molecule has 2 N–H and O–H groups in total. The Labute approximate surface area is 148 Å². The lowest BCUT2D eigenvalue weighted by atomic mass is 10.1. The Morgan fingerprint density at radius 1 is 1.12 bits per heavy atom. The second-order valence-electron chi connectivity index (χ2n) is 5.36. The number of nitrogens with zero attached hydrogens (tertiary/aromatic N) is 2.